The van der Waals surface area contributed by atoms with E-state index in [0.717, 1.165) is 25.9 Å². The standard InChI is InChI=1S/C13H20ClN5O/c1-18(2)10-3-5-19(6-4-10)13(20)9-7-11(14)12(17-15)16-8-9/h7-8,10H,3-6,15H2,1-2H3,(H,16,17). The van der Waals surface area contributed by atoms with Crippen LogP contribution in [0.2, 0.25) is 5.02 Å². The van der Waals surface area contributed by atoms with Gasteiger partial charge in [-0.1, -0.05) is 11.6 Å². The van der Waals surface area contributed by atoms with Gasteiger partial charge in [-0.3, -0.25) is 4.79 Å². The molecule has 0 atom stereocenters. The van der Waals surface area contributed by atoms with Crippen LogP contribution in [-0.4, -0.2) is 53.9 Å². The molecule has 0 radical (unpaired) electrons. The van der Waals surface area contributed by atoms with Crippen LogP contribution in [0.5, 0.6) is 0 Å². The largest absolute Gasteiger partial charge is 0.338 e. The van der Waals surface area contributed by atoms with Gasteiger partial charge in [-0.15, -0.1) is 0 Å². The zero-order chi connectivity index (χ0) is 14.7. The van der Waals surface area contributed by atoms with Crippen LogP contribution in [0.4, 0.5) is 5.82 Å². The van der Waals surface area contributed by atoms with Gasteiger partial charge in [0.2, 0.25) is 0 Å². The summed E-state index contributed by atoms with van der Waals surface area (Å²) in [6, 6.07) is 2.15. The summed E-state index contributed by atoms with van der Waals surface area (Å²) in [6.45, 7) is 1.52. The van der Waals surface area contributed by atoms with Gasteiger partial charge < -0.3 is 15.2 Å². The lowest BCUT2D eigenvalue weighted by Gasteiger charge is -2.35. The summed E-state index contributed by atoms with van der Waals surface area (Å²) in [7, 11) is 4.15. The average molecular weight is 298 g/mol. The van der Waals surface area contributed by atoms with Crippen LogP contribution in [0, 0.1) is 0 Å². The van der Waals surface area contributed by atoms with Crippen molar-refractivity contribution in [3.05, 3.63) is 22.8 Å². The molecule has 7 heteroatoms. The Kier molecular flexibility index (Phi) is 4.80. The number of nitrogens with two attached hydrogens (primary N) is 1. The zero-order valence-electron chi connectivity index (χ0n) is 11.8. The molecule has 0 unspecified atom stereocenters. The number of hydrogen-bond acceptors (Lipinski definition) is 5. The number of nitrogen functional groups attached to an aromatic ring is 1. The molecule has 1 saturated heterocycles. The molecule has 1 amide bonds. The van der Waals surface area contributed by atoms with Gasteiger partial charge in [0.15, 0.2) is 5.82 Å². The number of carbonyl (C=O) groups is 1. The molecule has 1 aliphatic rings. The lowest BCUT2D eigenvalue weighted by Crippen LogP contribution is -2.44. The summed E-state index contributed by atoms with van der Waals surface area (Å²) in [6.07, 6.45) is 3.48. The summed E-state index contributed by atoms with van der Waals surface area (Å²) >= 11 is 5.99. The van der Waals surface area contributed by atoms with Crippen molar-refractivity contribution in [3.63, 3.8) is 0 Å². The summed E-state index contributed by atoms with van der Waals surface area (Å²) in [5, 5.41) is 0.349. The smallest absolute Gasteiger partial charge is 0.255 e. The van der Waals surface area contributed by atoms with Gasteiger partial charge in [0, 0.05) is 25.3 Å². The maximum Gasteiger partial charge on any atom is 0.255 e. The normalized spacial score (nSPS) is 16.6. The monoisotopic (exact) mass is 297 g/mol. The molecule has 1 aliphatic heterocycles. The predicted molar refractivity (Wildman–Crippen MR) is 79.7 cm³/mol. The molecule has 1 aromatic rings. The fourth-order valence-corrected chi connectivity index (χ4v) is 2.65. The van der Waals surface area contributed by atoms with Crippen LogP contribution in [0.25, 0.3) is 0 Å². The Morgan fingerprint density at radius 2 is 2.15 bits per heavy atom. The van der Waals surface area contributed by atoms with Crippen LogP contribution in [-0.2, 0) is 0 Å². The summed E-state index contributed by atoms with van der Waals surface area (Å²) in [4.78, 5) is 20.5. The second-order valence-electron chi connectivity index (χ2n) is 5.19. The summed E-state index contributed by atoms with van der Waals surface area (Å²) in [5.74, 6) is 5.61. The fraction of sp³-hybridized carbons (Fsp3) is 0.538. The molecular formula is C13H20ClN5O. The molecule has 0 aliphatic carbocycles. The van der Waals surface area contributed by atoms with Gasteiger partial charge >= 0.3 is 0 Å². The molecule has 0 spiro atoms. The van der Waals surface area contributed by atoms with E-state index in [0.29, 0.717) is 22.4 Å². The van der Waals surface area contributed by atoms with Gasteiger partial charge in [-0.05, 0) is 33.0 Å². The SMILES string of the molecule is CN(C)C1CCN(C(=O)c2cnc(NN)c(Cl)c2)CC1. The van der Waals surface area contributed by atoms with Crippen molar-refractivity contribution in [3.8, 4) is 0 Å². The van der Waals surface area contributed by atoms with Crippen LogP contribution in [0.3, 0.4) is 0 Å². The Balaban J connectivity index is 2.04. The first kappa shape index (κ1) is 15.0. The van der Waals surface area contributed by atoms with E-state index in [2.05, 4.69) is 29.4 Å². The zero-order valence-corrected chi connectivity index (χ0v) is 12.5. The lowest BCUT2D eigenvalue weighted by atomic mass is 10.0. The number of halogens is 1. The van der Waals surface area contributed by atoms with Crippen molar-refractivity contribution in [2.24, 2.45) is 5.84 Å². The summed E-state index contributed by atoms with van der Waals surface area (Å²) < 4.78 is 0. The number of pyridine rings is 1. The van der Waals surface area contributed by atoms with E-state index in [1.165, 1.54) is 6.20 Å². The van der Waals surface area contributed by atoms with Crippen molar-refractivity contribution >= 4 is 23.3 Å². The third-order valence-electron chi connectivity index (χ3n) is 3.71. The molecule has 0 saturated carbocycles. The molecule has 20 heavy (non-hydrogen) atoms. The average Bonchev–Trinajstić information content (AvgIpc) is 2.46. The van der Waals surface area contributed by atoms with Gasteiger partial charge in [-0.25, -0.2) is 10.8 Å². The van der Waals surface area contributed by atoms with Crippen molar-refractivity contribution in [2.45, 2.75) is 18.9 Å². The minimum Gasteiger partial charge on any atom is -0.338 e. The number of nitrogens with one attached hydrogen (secondary N) is 1. The van der Waals surface area contributed by atoms with Crippen LogP contribution in [0.1, 0.15) is 23.2 Å². The quantitative estimate of drug-likeness (QED) is 0.647. The number of hydrogen-bond donors (Lipinski definition) is 2. The van der Waals surface area contributed by atoms with Crippen molar-refractivity contribution < 1.29 is 4.79 Å². The van der Waals surface area contributed by atoms with E-state index < -0.39 is 0 Å². The maximum atomic E-state index is 12.4. The van der Waals surface area contributed by atoms with E-state index in [-0.39, 0.29) is 5.91 Å². The number of carbonyl (C=O) groups excluding carboxylic acids is 1. The first-order valence-electron chi connectivity index (χ1n) is 6.60. The van der Waals surface area contributed by atoms with Crippen molar-refractivity contribution in [1.82, 2.24) is 14.8 Å². The molecule has 110 valence electrons. The molecule has 2 heterocycles. The fourth-order valence-electron chi connectivity index (χ4n) is 2.43. The predicted octanol–water partition coefficient (Wildman–Crippen LogP) is 1.19. The molecule has 0 aromatic carbocycles. The summed E-state index contributed by atoms with van der Waals surface area (Å²) in [5.41, 5.74) is 2.88. The minimum atomic E-state index is -0.0276. The highest BCUT2D eigenvalue weighted by Crippen LogP contribution is 2.21. The first-order chi connectivity index (χ1) is 9.52. The van der Waals surface area contributed by atoms with E-state index in [1.54, 1.807) is 6.07 Å². The van der Waals surface area contributed by atoms with E-state index in [9.17, 15) is 4.79 Å². The Morgan fingerprint density at radius 3 is 2.65 bits per heavy atom. The highest BCUT2D eigenvalue weighted by atomic mass is 35.5. The Labute approximate surface area is 123 Å². The van der Waals surface area contributed by atoms with Crippen molar-refractivity contribution in [2.75, 3.05) is 32.6 Å². The number of amides is 1. The second kappa shape index (κ2) is 6.39. The minimum absolute atomic E-state index is 0.0276. The molecule has 3 N–H and O–H groups in total. The Bertz CT molecular complexity index is 486. The highest BCUT2D eigenvalue weighted by molar-refractivity contribution is 6.33. The number of hydrazine groups is 1. The third kappa shape index (κ3) is 3.20. The maximum absolute atomic E-state index is 12.4. The number of piperidine rings is 1. The van der Waals surface area contributed by atoms with Crippen LogP contribution < -0.4 is 11.3 Å². The molecule has 0 bridgehead atoms. The molecule has 1 aromatic heterocycles. The van der Waals surface area contributed by atoms with E-state index in [1.807, 2.05) is 4.90 Å². The number of aromatic nitrogens is 1. The lowest BCUT2D eigenvalue weighted by molar-refractivity contribution is 0.0663. The first-order valence-corrected chi connectivity index (χ1v) is 6.98. The number of nitrogens with zero attached hydrogens (tertiary/aromatic N) is 3. The topological polar surface area (TPSA) is 74.5 Å². The molecule has 1 fully saturated rings. The highest BCUT2D eigenvalue weighted by Gasteiger charge is 2.25. The van der Waals surface area contributed by atoms with Gasteiger partial charge in [0.05, 0.1) is 10.6 Å². The van der Waals surface area contributed by atoms with Crippen LogP contribution in [0.15, 0.2) is 12.3 Å². The Morgan fingerprint density at radius 1 is 1.50 bits per heavy atom. The van der Waals surface area contributed by atoms with E-state index in [4.69, 9.17) is 17.4 Å². The second-order valence-corrected chi connectivity index (χ2v) is 5.59. The molecular weight excluding hydrogens is 278 g/mol. The van der Waals surface area contributed by atoms with E-state index >= 15 is 0 Å². The van der Waals surface area contributed by atoms with Crippen molar-refractivity contribution in [1.29, 1.82) is 0 Å². The number of likely N-dealkylation sites (tertiary alicyclic amines) is 1. The van der Waals surface area contributed by atoms with Gasteiger partial charge in [0.1, 0.15) is 0 Å². The third-order valence-corrected chi connectivity index (χ3v) is 3.99. The Hall–Kier alpha value is -1.37. The van der Waals surface area contributed by atoms with Gasteiger partial charge in [0.25, 0.3) is 5.91 Å². The number of rotatable bonds is 3. The van der Waals surface area contributed by atoms with Gasteiger partial charge in [-0.2, -0.15) is 0 Å². The molecule has 2 rings (SSSR count). The number of anilines is 1. The molecule has 6 nitrogen and oxygen atoms in total. The van der Waals surface area contributed by atoms with Crippen LogP contribution >= 0.6 is 11.6 Å².